The third kappa shape index (κ3) is 6.59. The van der Waals surface area contributed by atoms with E-state index in [-0.39, 0.29) is 45.4 Å². The molecule has 12 heteroatoms. The molecule has 0 aromatic heterocycles. The number of carbonyl (C=O) groups excluding carboxylic acids is 2. The van der Waals surface area contributed by atoms with Gasteiger partial charge in [0.05, 0.1) is 22.2 Å². The van der Waals surface area contributed by atoms with Gasteiger partial charge in [-0.05, 0) is 55.3 Å². The van der Waals surface area contributed by atoms with Gasteiger partial charge in [0, 0.05) is 37.8 Å². The van der Waals surface area contributed by atoms with Gasteiger partial charge in [-0.15, -0.1) is 12.4 Å². The highest BCUT2D eigenvalue weighted by molar-refractivity contribution is 7.92. The van der Waals surface area contributed by atoms with E-state index in [0.29, 0.717) is 38.8 Å². The summed E-state index contributed by atoms with van der Waals surface area (Å²) in [5, 5.41) is 3.09. The second-order valence-corrected chi connectivity index (χ2v) is 10.3. The summed E-state index contributed by atoms with van der Waals surface area (Å²) in [4.78, 5) is 28.5. The Morgan fingerprint density at radius 2 is 1.68 bits per heavy atom. The Kier molecular flexibility index (Phi) is 8.40. The van der Waals surface area contributed by atoms with Gasteiger partial charge in [-0.3, -0.25) is 19.2 Å². The van der Waals surface area contributed by atoms with Gasteiger partial charge >= 0.3 is 0 Å². The van der Waals surface area contributed by atoms with Gasteiger partial charge in [0.1, 0.15) is 5.82 Å². The average Bonchev–Trinajstić information content (AvgIpc) is 3.59. The van der Waals surface area contributed by atoms with Crippen LogP contribution in [-0.2, 0) is 14.8 Å². The van der Waals surface area contributed by atoms with Gasteiger partial charge < -0.3 is 10.2 Å². The maximum atomic E-state index is 13.1. The molecule has 0 unspecified atom stereocenters. The molecule has 34 heavy (non-hydrogen) atoms. The molecular weight excluding hydrogens is 506 g/mol. The number of halogens is 3. The van der Waals surface area contributed by atoms with Crippen LogP contribution in [0, 0.1) is 5.82 Å². The van der Waals surface area contributed by atoms with E-state index < -0.39 is 15.8 Å². The number of amides is 2. The molecule has 1 aliphatic carbocycles. The summed E-state index contributed by atoms with van der Waals surface area (Å²) in [6, 6.07) is 9.08. The van der Waals surface area contributed by atoms with Gasteiger partial charge in [-0.2, -0.15) is 0 Å². The number of anilines is 1. The topological polar surface area (TPSA) is 98.8 Å². The van der Waals surface area contributed by atoms with Crippen LogP contribution in [0.15, 0.2) is 47.4 Å². The highest BCUT2D eigenvalue weighted by Gasteiger charge is 2.27. The van der Waals surface area contributed by atoms with E-state index in [2.05, 4.69) is 10.0 Å². The SMILES string of the molecule is Cl.O=C(CN1CCN(C(=O)c2ccc(Cl)c(NS(=O)(=O)c3ccc(F)cc3)c2)CC1)NC1CC1. The van der Waals surface area contributed by atoms with Crippen LogP contribution < -0.4 is 10.0 Å². The van der Waals surface area contributed by atoms with Crippen molar-refractivity contribution >= 4 is 51.5 Å². The molecule has 2 amide bonds. The molecule has 1 saturated carbocycles. The van der Waals surface area contributed by atoms with Crippen molar-refractivity contribution in [3.05, 3.63) is 58.9 Å². The zero-order valence-corrected chi connectivity index (χ0v) is 20.6. The molecule has 2 aromatic rings. The van der Waals surface area contributed by atoms with Gasteiger partial charge in [0.25, 0.3) is 15.9 Å². The van der Waals surface area contributed by atoms with E-state index >= 15 is 0 Å². The summed E-state index contributed by atoms with van der Waals surface area (Å²) in [7, 11) is -4.01. The second kappa shape index (κ2) is 10.9. The molecule has 2 aliphatic rings. The van der Waals surface area contributed by atoms with Crippen molar-refractivity contribution in [2.45, 2.75) is 23.8 Å². The summed E-state index contributed by atoms with van der Waals surface area (Å²) in [5.41, 5.74) is 0.346. The fraction of sp³-hybridized carbons (Fsp3) is 0.364. The highest BCUT2D eigenvalue weighted by atomic mass is 35.5. The number of nitrogens with zero attached hydrogens (tertiary/aromatic N) is 2. The van der Waals surface area contributed by atoms with Crippen molar-refractivity contribution in [2.24, 2.45) is 0 Å². The molecule has 184 valence electrons. The maximum Gasteiger partial charge on any atom is 0.261 e. The summed E-state index contributed by atoms with van der Waals surface area (Å²) in [6.07, 6.45) is 2.08. The quantitative estimate of drug-likeness (QED) is 0.573. The van der Waals surface area contributed by atoms with E-state index in [1.54, 1.807) is 4.90 Å². The van der Waals surface area contributed by atoms with E-state index in [1.807, 2.05) is 4.90 Å². The summed E-state index contributed by atoms with van der Waals surface area (Å²) in [6.45, 7) is 2.36. The zero-order valence-electron chi connectivity index (χ0n) is 18.2. The fourth-order valence-corrected chi connectivity index (χ4v) is 4.84. The first kappa shape index (κ1) is 26.2. The molecule has 1 saturated heterocycles. The first-order valence-electron chi connectivity index (χ1n) is 10.6. The van der Waals surface area contributed by atoms with Crippen molar-refractivity contribution < 1.29 is 22.4 Å². The molecule has 0 spiro atoms. The number of piperazine rings is 1. The van der Waals surface area contributed by atoms with Gasteiger partial charge in [-0.1, -0.05) is 11.6 Å². The molecule has 2 N–H and O–H groups in total. The van der Waals surface area contributed by atoms with Crippen LogP contribution in [0.1, 0.15) is 23.2 Å². The summed E-state index contributed by atoms with van der Waals surface area (Å²) >= 11 is 6.16. The highest BCUT2D eigenvalue weighted by Crippen LogP contribution is 2.27. The predicted octanol–water partition coefficient (Wildman–Crippen LogP) is 2.74. The van der Waals surface area contributed by atoms with Crippen molar-refractivity contribution in [1.82, 2.24) is 15.1 Å². The fourth-order valence-electron chi connectivity index (χ4n) is 3.55. The normalized spacial score (nSPS) is 16.5. The summed E-state index contributed by atoms with van der Waals surface area (Å²) < 4.78 is 40.7. The molecule has 0 bridgehead atoms. The van der Waals surface area contributed by atoms with Crippen molar-refractivity contribution in [3.8, 4) is 0 Å². The number of hydrogen-bond acceptors (Lipinski definition) is 5. The third-order valence-corrected chi connectivity index (χ3v) is 7.26. The molecule has 2 aromatic carbocycles. The van der Waals surface area contributed by atoms with Crippen molar-refractivity contribution in [1.29, 1.82) is 0 Å². The lowest BCUT2D eigenvalue weighted by Crippen LogP contribution is -2.51. The number of sulfonamides is 1. The van der Waals surface area contributed by atoms with Crippen LogP contribution in [0.25, 0.3) is 0 Å². The number of hydrogen-bond donors (Lipinski definition) is 2. The van der Waals surface area contributed by atoms with Gasteiger partial charge in [0.2, 0.25) is 5.91 Å². The number of carbonyl (C=O) groups is 2. The van der Waals surface area contributed by atoms with Gasteiger partial charge in [-0.25, -0.2) is 12.8 Å². The zero-order chi connectivity index (χ0) is 23.6. The lowest BCUT2D eigenvalue weighted by Gasteiger charge is -2.34. The van der Waals surface area contributed by atoms with Gasteiger partial charge in [0.15, 0.2) is 0 Å². The number of nitrogens with one attached hydrogen (secondary N) is 2. The van der Waals surface area contributed by atoms with Crippen molar-refractivity contribution in [2.75, 3.05) is 37.4 Å². The Labute approximate surface area is 208 Å². The van der Waals surface area contributed by atoms with Crippen LogP contribution in [0.2, 0.25) is 5.02 Å². The molecule has 1 heterocycles. The lowest BCUT2D eigenvalue weighted by molar-refractivity contribution is -0.122. The lowest BCUT2D eigenvalue weighted by atomic mass is 10.1. The Morgan fingerprint density at radius 3 is 2.29 bits per heavy atom. The minimum absolute atomic E-state index is 0. The minimum atomic E-state index is -4.01. The summed E-state index contributed by atoms with van der Waals surface area (Å²) in [5.74, 6) is -0.799. The largest absolute Gasteiger partial charge is 0.352 e. The predicted molar refractivity (Wildman–Crippen MR) is 129 cm³/mol. The Morgan fingerprint density at radius 1 is 1.03 bits per heavy atom. The van der Waals surface area contributed by atoms with Crippen LogP contribution in [0.4, 0.5) is 10.1 Å². The molecule has 4 rings (SSSR count). The monoisotopic (exact) mass is 530 g/mol. The van der Waals surface area contributed by atoms with E-state index in [0.717, 1.165) is 37.1 Å². The number of benzene rings is 2. The Bertz CT molecular complexity index is 1150. The Balaban J connectivity index is 0.00000324. The molecule has 2 fully saturated rings. The molecule has 0 radical (unpaired) electrons. The molecule has 0 atom stereocenters. The Hall–Kier alpha value is -2.40. The van der Waals surface area contributed by atoms with E-state index in [9.17, 15) is 22.4 Å². The maximum absolute atomic E-state index is 13.1. The first-order chi connectivity index (χ1) is 15.7. The number of rotatable bonds is 7. The molecular formula is C22H25Cl2FN4O4S. The van der Waals surface area contributed by atoms with Crippen LogP contribution in [0.5, 0.6) is 0 Å². The molecule has 8 nitrogen and oxygen atoms in total. The second-order valence-electron chi connectivity index (χ2n) is 8.16. The third-order valence-electron chi connectivity index (χ3n) is 5.55. The van der Waals surface area contributed by atoms with Crippen LogP contribution in [-0.4, -0.2) is 68.8 Å². The van der Waals surface area contributed by atoms with Crippen molar-refractivity contribution in [3.63, 3.8) is 0 Å². The van der Waals surface area contributed by atoms with E-state index in [4.69, 9.17) is 11.6 Å². The van der Waals surface area contributed by atoms with Crippen LogP contribution >= 0.6 is 24.0 Å². The smallest absolute Gasteiger partial charge is 0.261 e. The first-order valence-corrected chi connectivity index (χ1v) is 12.5. The average molecular weight is 531 g/mol. The van der Waals surface area contributed by atoms with Crippen LogP contribution in [0.3, 0.4) is 0 Å². The minimum Gasteiger partial charge on any atom is -0.352 e. The van der Waals surface area contributed by atoms with E-state index in [1.165, 1.54) is 18.2 Å². The molecule has 1 aliphatic heterocycles. The standard InChI is InChI=1S/C22H24ClFN4O4S.ClH/c23-19-8-1-15(13-20(19)26-33(31,32)18-6-2-16(24)3-7-18)22(30)28-11-9-27(10-12-28)14-21(29)25-17-4-5-17;/h1-3,6-8,13,17,26H,4-5,9-12,14H2,(H,25,29);1H.